The Morgan fingerprint density at radius 2 is 1.78 bits per heavy atom. The summed E-state index contributed by atoms with van der Waals surface area (Å²) in [5.74, 6) is -2.77. The van der Waals surface area contributed by atoms with Gasteiger partial charge in [-0.1, -0.05) is 48.9 Å². The highest BCUT2D eigenvalue weighted by Gasteiger charge is 2.56. The maximum atomic E-state index is 13.5. The number of carbonyl (C=O) groups is 4. The molecule has 1 fully saturated rings. The molecule has 0 saturated carbocycles. The number of amides is 2. The average Bonchev–Trinajstić information content (AvgIpc) is 3.11. The average molecular weight is 482 g/mol. The van der Waals surface area contributed by atoms with E-state index in [1.54, 1.807) is 13.0 Å². The topological polar surface area (TPSA) is 91.8 Å². The van der Waals surface area contributed by atoms with E-state index < -0.39 is 17.8 Å². The van der Waals surface area contributed by atoms with Gasteiger partial charge in [-0.15, -0.1) is 0 Å². The summed E-state index contributed by atoms with van der Waals surface area (Å²) >= 11 is 0. The number of phenols is 1. The largest absolute Gasteiger partial charge is 0.508 e. The van der Waals surface area contributed by atoms with E-state index in [1.807, 2.05) is 43.3 Å². The molecular formula is C30H27NO5. The Morgan fingerprint density at radius 1 is 1.00 bits per heavy atom. The van der Waals surface area contributed by atoms with Crippen molar-refractivity contribution >= 4 is 34.2 Å². The number of rotatable bonds is 3. The Labute approximate surface area is 209 Å². The van der Waals surface area contributed by atoms with Gasteiger partial charge in [-0.3, -0.25) is 24.1 Å². The van der Waals surface area contributed by atoms with Gasteiger partial charge in [-0.05, 0) is 55.0 Å². The molecule has 1 N–H and O–H groups in total. The SMILES string of the molecule is CCCN1C(=O)C2CC=C3C(c4c(O)ccc5ccccc45)C4=C(CC3C2C1=O)C(=O)C(C)=CC4=O. The van der Waals surface area contributed by atoms with Crippen LogP contribution in [0.2, 0.25) is 0 Å². The maximum Gasteiger partial charge on any atom is 0.233 e. The fourth-order valence-corrected chi connectivity index (χ4v) is 6.81. The maximum absolute atomic E-state index is 13.5. The number of allylic oxidation sites excluding steroid dienone is 6. The predicted molar refractivity (Wildman–Crippen MR) is 134 cm³/mol. The van der Waals surface area contributed by atoms with Gasteiger partial charge in [-0.2, -0.15) is 0 Å². The van der Waals surface area contributed by atoms with Gasteiger partial charge in [0.1, 0.15) is 5.75 Å². The Balaban J connectivity index is 1.60. The second-order valence-electron chi connectivity index (χ2n) is 10.3. The highest BCUT2D eigenvalue weighted by Crippen LogP contribution is 2.56. The third-order valence-corrected chi connectivity index (χ3v) is 8.34. The number of Topliss-reactive ketones (excluding diaryl/α,β-unsaturated/α-hetero) is 1. The number of fused-ring (bicyclic) bond motifs is 4. The minimum atomic E-state index is -0.658. The fourth-order valence-electron chi connectivity index (χ4n) is 6.81. The van der Waals surface area contributed by atoms with Crippen LogP contribution in [0.3, 0.4) is 0 Å². The zero-order valence-electron chi connectivity index (χ0n) is 20.3. The van der Waals surface area contributed by atoms with Gasteiger partial charge in [0.05, 0.1) is 11.8 Å². The summed E-state index contributed by atoms with van der Waals surface area (Å²) in [6.07, 6.45) is 4.71. The number of likely N-dealkylation sites (tertiary alicyclic amines) is 1. The molecular weight excluding hydrogens is 454 g/mol. The standard InChI is InChI=1S/C30H27NO5/c1-3-12-31-29(35)19-10-9-18-20(24(19)30(31)36)14-21-26(23(33)13-15(2)28(21)34)27(18)25-17-7-5-4-6-16(17)8-11-22(25)32/h4-9,11,13,19-20,24,27,32H,3,10,12,14H2,1-2H3. The highest BCUT2D eigenvalue weighted by molar-refractivity contribution is 6.24. The van der Waals surface area contributed by atoms with Crippen molar-refractivity contribution in [3.8, 4) is 5.75 Å². The number of ketones is 2. The molecule has 3 aliphatic carbocycles. The smallest absolute Gasteiger partial charge is 0.233 e. The second-order valence-corrected chi connectivity index (χ2v) is 10.3. The van der Waals surface area contributed by atoms with Crippen molar-refractivity contribution in [2.24, 2.45) is 17.8 Å². The van der Waals surface area contributed by atoms with Crippen LogP contribution in [0.1, 0.15) is 44.6 Å². The monoisotopic (exact) mass is 481 g/mol. The zero-order chi connectivity index (χ0) is 25.3. The quantitative estimate of drug-likeness (QED) is 0.399. The van der Waals surface area contributed by atoms with Crippen LogP contribution in [0.25, 0.3) is 10.8 Å². The summed E-state index contributed by atoms with van der Waals surface area (Å²) in [6, 6.07) is 11.1. The summed E-state index contributed by atoms with van der Waals surface area (Å²) in [5, 5.41) is 12.9. The molecule has 2 amide bonds. The van der Waals surface area contributed by atoms with Gasteiger partial charge in [-0.25, -0.2) is 0 Å². The number of hydrogen-bond donors (Lipinski definition) is 1. The molecule has 0 bridgehead atoms. The highest BCUT2D eigenvalue weighted by atomic mass is 16.3. The molecule has 1 saturated heterocycles. The molecule has 6 heteroatoms. The number of imide groups is 1. The van der Waals surface area contributed by atoms with Gasteiger partial charge >= 0.3 is 0 Å². The molecule has 4 unspecified atom stereocenters. The Kier molecular flexibility index (Phi) is 5.11. The van der Waals surface area contributed by atoms with Gasteiger partial charge < -0.3 is 5.11 Å². The molecule has 182 valence electrons. The van der Waals surface area contributed by atoms with Crippen LogP contribution in [-0.2, 0) is 19.2 Å². The molecule has 0 aromatic heterocycles. The number of aromatic hydroxyl groups is 1. The van der Waals surface area contributed by atoms with E-state index in [-0.39, 0.29) is 41.5 Å². The summed E-state index contributed by atoms with van der Waals surface area (Å²) in [4.78, 5) is 54.9. The van der Waals surface area contributed by atoms with Crippen molar-refractivity contribution in [3.05, 3.63) is 76.4 Å². The number of hydrogen-bond acceptors (Lipinski definition) is 5. The molecule has 2 aromatic rings. The van der Waals surface area contributed by atoms with Crippen molar-refractivity contribution < 1.29 is 24.3 Å². The van der Waals surface area contributed by atoms with Crippen molar-refractivity contribution in [3.63, 3.8) is 0 Å². The number of benzene rings is 2. The first-order valence-electron chi connectivity index (χ1n) is 12.6. The van der Waals surface area contributed by atoms with Crippen LogP contribution in [0.5, 0.6) is 5.75 Å². The van der Waals surface area contributed by atoms with Gasteiger partial charge in [0.15, 0.2) is 11.6 Å². The van der Waals surface area contributed by atoms with Crippen LogP contribution < -0.4 is 0 Å². The van der Waals surface area contributed by atoms with Crippen LogP contribution in [0.15, 0.2) is 70.8 Å². The Hall–Kier alpha value is -3.80. The molecule has 36 heavy (non-hydrogen) atoms. The number of nitrogens with zero attached hydrogens (tertiary/aromatic N) is 1. The molecule has 2 aromatic carbocycles. The summed E-state index contributed by atoms with van der Waals surface area (Å²) < 4.78 is 0. The third kappa shape index (κ3) is 3.03. The second kappa shape index (κ2) is 8.12. The summed E-state index contributed by atoms with van der Waals surface area (Å²) in [6.45, 7) is 3.95. The molecule has 1 heterocycles. The molecule has 0 spiro atoms. The van der Waals surface area contributed by atoms with E-state index in [0.29, 0.717) is 41.7 Å². The Bertz CT molecular complexity index is 1480. The first-order valence-corrected chi connectivity index (χ1v) is 12.6. The van der Waals surface area contributed by atoms with Gasteiger partial charge in [0, 0.05) is 34.7 Å². The lowest BCUT2D eigenvalue weighted by Crippen LogP contribution is -2.40. The predicted octanol–water partition coefficient (Wildman–Crippen LogP) is 4.38. The summed E-state index contributed by atoms with van der Waals surface area (Å²) in [7, 11) is 0. The van der Waals surface area contributed by atoms with Crippen LogP contribution >= 0.6 is 0 Å². The van der Waals surface area contributed by atoms with Crippen LogP contribution in [0.4, 0.5) is 0 Å². The van der Waals surface area contributed by atoms with E-state index in [0.717, 1.165) is 16.3 Å². The van der Waals surface area contributed by atoms with Crippen molar-refractivity contribution in [2.45, 2.75) is 39.0 Å². The third-order valence-electron chi connectivity index (χ3n) is 8.34. The Morgan fingerprint density at radius 3 is 2.56 bits per heavy atom. The van der Waals surface area contributed by atoms with Gasteiger partial charge in [0.25, 0.3) is 0 Å². The van der Waals surface area contributed by atoms with Crippen molar-refractivity contribution in [1.29, 1.82) is 0 Å². The minimum absolute atomic E-state index is 0.0437. The minimum Gasteiger partial charge on any atom is -0.508 e. The van der Waals surface area contributed by atoms with E-state index in [4.69, 9.17) is 0 Å². The fraction of sp³-hybridized carbons (Fsp3) is 0.333. The lowest BCUT2D eigenvalue weighted by atomic mass is 9.59. The molecule has 6 nitrogen and oxygen atoms in total. The van der Waals surface area contributed by atoms with Crippen LogP contribution in [-0.4, -0.2) is 39.9 Å². The molecule has 0 radical (unpaired) electrons. The molecule has 6 rings (SSSR count). The van der Waals surface area contributed by atoms with E-state index in [2.05, 4.69) is 0 Å². The first-order chi connectivity index (χ1) is 17.3. The zero-order valence-corrected chi connectivity index (χ0v) is 20.3. The van der Waals surface area contributed by atoms with Gasteiger partial charge in [0.2, 0.25) is 11.8 Å². The number of phenolic OH excluding ortho intramolecular Hbond substituents is 1. The molecule has 4 atom stereocenters. The first kappa shape index (κ1) is 22.7. The lowest BCUT2D eigenvalue weighted by molar-refractivity contribution is -0.140. The number of carbonyl (C=O) groups excluding carboxylic acids is 4. The lowest BCUT2D eigenvalue weighted by Gasteiger charge is -2.42. The normalized spacial score (nSPS) is 27.7. The molecule has 4 aliphatic rings. The van der Waals surface area contributed by atoms with Crippen LogP contribution in [0, 0.1) is 17.8 Å². The summed E-state index contributed by atoms with van der Waals surface area (Å²) in [5.41, 5.74) is 2.61. The van der Waals surface area contributed by atoms with E-state index >= 15 is 0 Å². The van der Waals surface area contributed by atoms with E-state index in [1.165, 1.54) is 11.0 Å². The van der Waals surface area contributed by atoms with Crippen molar-refractivity contribution in [1.82, 2.24) is 4.90 Å². The van der Waals surface area contributed by atoms with Crippen molar-refractivity contribution in [2.75, 3.05) is 6.54 Å². The van der Waals surface area contributed by atoms with E-state index in [9.17, 15) is 24.3 Å². The molecule has 1 aliphatic heterocycles.